The number of esters is 1. The number of rotatable bonds is 5. The van der Waals surface area contributed by atoms with E-state index in [0.717, 1.165) is 0 Å². The first-order valence-corrected chi connectivity index (χ1v) is 8.08. The maximum absolute atomic E-state index is 11.2. The summed E-state index contributed by atoms with van der Waals surface area (Å²) in [5.74, 6) is -0.177. The van der Waals surface area contributed by atoms with Crippen molar-refractivity contribution in [3.63, 3.8) is 0 Å². The van der Waals surface area contributed by atoms with E-state index in [9.17, 15) is 4.79 Å². The minimum Gasteiger partial charge on any atom is -0.460 e. The summed E-state index contributed by atoms with van der Waals surface area (Å²) in [6.07, 6.45) is 2.42. The monoisotopic (exact) mass is 341 g/mol. The lowest BCUT2D eigenvalue weighted by Gasteiger charge is -2.04. The van der Waals surface area contributed by atoms with Gasteiger partial charge in [-0.2, -0.15) is 5.10 Å². The van der Waals surface area contributed by atoms with Crippen molar-refractivity contribution in [2.24, 2.45) is 10.8 Å². The van der Waals surface area contributed by atoms with Crippen LogP contribution in [0.5, 0.6) is 0 Å². The van der Waals surface area contributed by atoms with Crippen LogP contribution < -0.4 is 11.2 Å². The van der Waals surface area contributed by atoms with Gasteiger partial charge in [-0.25, -0.2) is 4.79 Å². The number of hydrazone groups is 1. The summed E-state index contributed by atoms with van der Waals surface area (Å²) in [4.78, 5) is 11.2. The molecule has 5 nitrogen and oxygen atoms in total. The third kappa shape index (κ3) is 12.2. The molecule has 6 heteroatoms. The van der Waals surface area contributed by atoms with Crippen molar-refractivity contribution in [3.05, 3.63) is 47.1 Å². The number of carbonyl (C=O) groups excluding carboxylic acids is 1. The van der Waals surface area contributed by atoms with Crippen molar-refractivity contribution < 1.29 is 9.53 Å². The lowest BCUT2D eigenvalue weighted by atomic mass is 10.2. The van der Waals surface area contributed by atoms with Gasteiger partial charge in [-0.3, -0.25) is 5.43 Å². The average molecular weight is 342 g/mol. The van der Waals surface area contributed by atoms with Crippen molar-refractivity contribution in [1.29, 1.82) is 0 Å². The van der Waals surface area contributed by atoms with Crippen LogP contribution >= 0.6 is 11.6 Å². The first kappa shape index (κ1) is 23.3. The highest BCUT2D eigenvalue weighted by atomic mass is 35.5. The summed E-state index contributed by atoms with van der Waals surface area (Å²) in [5.41, 5.74) is 8.98. The Labute approximate surface area is 144 Å². The standard InChI is InChI=1S/C13H16ClN3O2.2C2H6/c1-9(2)19-12(18)6-7-16-17-13(15)10-4-3-5-11(14)8-10;2*1-2/h3-9,16H,1-2H3,(H2,15,17);2*1-2H3/b7-6-;;. The summed E-state index contributed by atoms with van der Waals surface area (Å²) >= 11 is 5.83. The van der Waals surface area contributed by atoms with E-state index in [0.29, 0.717) is 10.6 Å². The van der Waals surface area contributed by atoms with Crippen LogP contribution in [0.25, 0.3) is 0 Å². The molecule has 0 saturated carbocycles. The van der Waals surface area contributed by atoms with Gasteiger partial charge in [0.05, 0.1) is 6.10 Å². The van der Waals surface area contributed by atoms with Gasteiger partial charge in [-0.05, 0) is 26.0 Å². The predicted octanol–water partition coefficient (Wildman–Crippen LogP) is 4.07. The molecule has 1 rings (SSSR count). The van der Waals surface area contributed by atoms with Crippen LogP contribution in [0.3, 0.4) is 0 Å². The molecule has 0 amide bonds. The number of nitrogens with two attached hydrogens (primary N) is 1. The van der Waals surface area contributed by atoms with Crippen molar-refractivity contribution >= 4 is 23.4 Å². The molecule has 0 saturated heterocycles. The quantitative estimate of drug-likeness (QED) is 0.278. The van der Waals surface area contributed by atoms with Crippen LogP contribution in [0.4, 0.5) is 0 Å². The SMILES string of the molecule is CC.CC.CC(C)OC(=O)/C=C\N/N=C(\N)c1cccc(Cl)c1. The van der Waals surface area contributed by atoms with Gasteiger partial charge in [0.25, 0.3) is 0 Å². The molecule has 0 heterocycles. The van der Waals surface area contributed by atoms with Gasteiger partial charge in [0, 0.05) is 22.9 Å². The predicted molar refractivity (Wildman–Crippen MR) is 98.4 cm³/mol. The Morgan fingerprint density at radius 2 is 1.91 bits per heavy atom. The molecule has 0 aliphatic heterocycles. The summed E-state index contributed by atoms with van der Waals surface area (Å²) in [6.45, 7) is 11.5. The Morgan fingerprint density at radius 1 is 1.30 bits per heavy atom. The molecule has 0 aliphatic rings. The van der Waals surface area contributed by atoms with Crippen LogP contribution in [-0.2, 0) is 9.53 Å². The number of nitrogens with one attached hydrogen (secondary N) is 1. The molecule has 23 heavy (non-hydrogen) atoms. The van der Waals surface area contributed by atoms with Gasteiger partial charge in [0.15, 0.2) is 5.84 Å². The van der Waals surface area contributed by atoms with Crippen LogP contribution in [0.1, 0.15) is 47.1 Å². The van der Waals surface area contributed by atoms with E-state index in [1.165, 1.54) is 12.3 Å². The Morgan fingerprint density at radius 3 is 2.43 bits per heavy atom. The smallest absolute Gasteiger partial charge is 0.332 e. The number of nitrogens with zero attached hydrogens (tertiary/aromatic N) is 1. The van der Waals surface area contributed by atoms with Gasteiger partial charge in [0.2, 0.25) is 0 Å². The van der Waals surface area contributed by atoms with E-state index in [4.69, 9.17) is 22.1 Å². The molecule has 1 aromatic rings. The number of hydrogen-bond donors (Lipinski definition) is 2. The molecule has 0 aliphatic carbocycles. The fraction of sp³-hybridized carbons (Fsp3) is 0.412. The number of carbonyl (C=O) groups is 1. The Bertz CT molecular complexity index is 500. The average Bonchev–Trinajstić information content (AvgIpc) is 2.54. The highest BCUT2D eigenvalue weighted by molar-refractivity contribution is 6.31. The number of amidine groups is 1. The highest BCUT2D eigenvalue weighted by Gasteiger charge is 2.00. The zero-order valence-electron chi connectivity index (χ0n) is 14.8. The van der Waals surface area contributed by atoms with Crippen LogP contribution in [0, 0.1) is 0 Å². The number of hydrogen-bond acceptors (Lipinski definition) is 4. The summed E-state index contributed by atoms with van der Waals surface area (Å²) < 4.78 is 4.89. The van der Waals surface area contributed by atoms with E-state index in [-0.39, 0.29) is 11.9 Å². The van der Waals surface area contributed by atoms with Gasteiger partial charge < -0.3 is 10.5 Å². The Hall–Kier alpha value is -2.01. The van der Waals surface area contributed by atoms with Crippen molar-refractivity contribution in [3.8, 4) is 0 Å². The van der Waals surface area contributed by atoms with Crippen molar-refractivity contribution in [2.75, 3.05) is 0 Å². The zero-order valence-corrected chi connectivity index (χ0v) is 15.5. The molecule has 1 aromatic carbocycles. The van der Waals surface area contributed by atoms with Gasteiger partial charge >= 0.3 is 5.97 Å². The lowest BCUT2D eigenvalue weighted by Crippen LogP contribution is -2.17. The molecule has 0 spiro atoms. The Kier molecular flexibility index (Phi) is 15.1. The molecular weight excluding hydrogens is 314 g/mol. The van der Waals surface area contributed by atoms with E-state index in [1.807, 2.05) is 27.7 Å². The number of halogens is 1. The first-order valence-electron chi connectivity index (χ1n) is 7.71. The van der Waals surface area contributed by atoms with Gasteiger partial charge in [-0.1, -0.05) is 51.4 Å². The van der Waals surface area contributed by atoms with Crippen LogP contribution in [0.2, 0.25) is 5.02 Å². The normalized spacial score (nSPS) is 10.3. The van der Waals surface area contributed by atoms with E-state index >= 15 is 0 Å². The third-order valence-corrected chi connectivity index (χ3v) is 2.19. The summed E-state index contributed by atoms with van der Waals surface area (Å²) in [7, 11) is 0. The van der Waals surface area contributed by atoms with E-state index in [2.05, 4.69) is 10.5 Å². The number of ether oxygens (including phenoxy) is 1. The maximum Gasteiger partial charge on any atom is 0.332 e. The van der Waals surface area contributed by atoms with Gasteiger partial charge in [-0.15, -0.1) is 0 Å². The lowest BCUT2D eigenvalue weighted by molar-refractivity contribution is -0.141. The molecule has 0 radical (unpaired) electrons. The maximum atomic E-state index is 11.2. The highest BCUT2D eigenvalue weighted by Crippen LogP contribution is 2.09. The second-order valence-electron chi connectivity index (χ2n) is 3.96. The molecule has 130 valence electrons. The molecule has 0 atom stereocenters. The fourth-order valence-electron chi connectivity index (χ4n) is 1.20. The Balaban J connectivity index is 0. The van der Waals surface area contributed by atoms with Crippen LogP contribution in [0.15, 0.2) is 41.6 Å². The molecule has 3 N–H and O–H groups in total. The minimum atomic E-state index is -0.445. The van der Waals surface area contributed by atoms with Gasteiger partial charge in [0.1, 0.15) is 0 Å². The third-order valence-electron chi connectivity index (χ3n) is 1.95. The van der Waals surface area contributed by atoms with E-state index in [1.54, 1.807) is 38.1 Å². The first-order chi connectivity index (χ1) is 11.0. The summed E-state index contributed by atoms with van der Waals surface area (Å²) in [5, 5.41) is 4.45. The zero-order chi connectivity index (χ0) is 18.3. The fourth-order valence-corrected chi connectivity index (χ4v) is 1.39. The van der Waals surface area contributed by atoms with Crippen LogP contribution in [-0.4, -0.2) is 17.9 Å². The van der Waals surface area contributed by atoms with E-state index < -0.39 is 5.97 Å². The molecule has 0 fully saturated rings. The topological polar surface area (TPSA) is 76.7 Å². The number of benzene rings is 1. The molecule has 0 unspecified atom stereocenters. The second-order valence-corrected chi connectivity index (χ2v) is 4.39. The summed E-state index contributed by atoms with van der Waals surface area (Å²) in [6, 6.07) is 6.99. The largest absolute Gasteiger partial charge is 0.460 e. The minimum absolute atomic E-state index is 0.155. The molecular formula is C17H28ClN3O2. The molecule has 0 aromatic heterocycles. The second kappa shape index (κ2) is 14.9. The molecule has 0 bridgehead atoms. The van der Waals surface area contributed by atoms with Crippen molar-refractivity contribution in [2.45, 2.75) is 47.6 Å². The van der Waals surface area contributed by atoms with Crippen molar-refractivity contribution in [1.82, 2.24) is 5.43 Å².